The van der Waals surface area contributed by atoms with Crippen molar-refractivity contribution in [2.45, 2.75) is 50.1 Å². The van der Waals surface area contributed by atoms with Gasteiger partial charge in [0.25, 0.3) is 0 Å². The highest BCUT2D eigenvalue weighted by atomic mass is 32.2. The molecule has 0 unspecified atom stereocenters. The Morgan fingerprint density at radius 2 is 2.00 bits per heavy atom. The van der Waals surface area contributed by atoms with Crippen molar-refractivity contribution in [2.24, 2.45) is 17.8 Å². The lowest BCUT2D eigenvalue weighted by molar-refractivity contribution is 0.251. The third-order valence-corrected chi connectivity index (χ3v) is 7.77. The van der Waals surface area contributed by atoms with Crippen molar-refractivity contribution in [2.75, 3.05) is 5.32 Å². The highest BCUT2D eigenvalue weighted by molar-refractivity contribution is 7.89. The highest BCUT2D eigenvalue weighted by Crippen LogP contribution is 2.49. The van der Waals surface area contributed by atoms with Crippen LogP contribution in [0.15, 0.2) is 41.4 Å². The lowest BCUT2D eigenvalue weighted by Crippen LogP contribution is -2.40. The summed E-state index contributed by atoms with van der Waals surface area (Å²) in [6.07, 6.45) is 6.51. The molecule has 2 aromatic rings. The van der Waals surface area contributed by atoms with Crippen LogP contribution in [0.25, 0.3) is 0 Å². The van der Waals surface area contributed by atoms with Gasteiger partial charge in [0.1, 0.15) is 0 Å². The summed E-state index contributed by atoms with van der Waals surface area (Å²) in [6.45, 7) is 2.30. The summed E-state index contributed by atoms with van der Waals surface area (Å²) in [5.74, 6) is 1.87. The van der Waals surface area contributed by atoms with E-state index in [1.807, 2.05) is 6.92 Å². The van der Waals surface area contributed by atoms with Gasteiger partial charge in [0.05, 0.1) is 17.1 Å². The van der Waals surface area contributed by atoms with Crippen LogP contribution in [0.4, 0.5) is 10.5 Å². The molecule has 4 atom stereocenters. The Morgan fingerprint density at radius 3 is 2.62 bits per heavy atom. The molecule has 2 fully saturated rings. The van der Waals surface area contributed by atoms with Gasteiger partial charge in [-0.3, -0.25) is 5.10 Å². The first kappa shape index (κ1) is 19.9. The summed E-state index contributed by atoms with van der Waals surface area (Å²) < 4.78 is 28.4. The molecule has 8 nitrogen and oxygen atoms in total. The number of nitrogens with one attached hydrogen (secondary N) is 4. The molecule has 2 amide bonds. The summed E-state index contributed by atoms with van der Waals surface area (Å²) in [7, 11) is -3.59. The number of sulfonamides is 1. The van der Waals surface area contributed by atoms with Crippen molar-refractivity contribution in [3.8, 4) is 0 Å². The Bertz CT molecular complexity index is 943. The van der Waals surface area contributed by atoms with Gasteiger partial charge in [0.15, 0.2) is 0 Å². The van der Waals surface area contributed by atoms with E-state index in [2.05, 4.69) is 25.6 Å². The van der Waals surface area contributed by atoms with E-state index < -0.39 is 10.0 Å². The van der Waals surface area contributed by atoms with E-state index in [4.69, 9.17) is 0 Å². The number of anilines is 1. The van der Waals surface area contributed by atoms with Gasteiger partial charge in [0.2, 0.25) is 10.0 Å². The Hall–Kier alpha value is -2.39. The number of hydrogen-bond donors (Lipinski definition) is 4. The molecule has 156 valence electrons. The van der Waals surface area contributed by atoms with Crippen molar-refractivity contribution >= 4 is 21.7 Å². The molecule has 0 radical (unpaired) electrons. The topological polar surface area (TPSA) is 116 Å². The van der Waals surface area contributed by atoms with Gasteiger partial charge in [-0.15, -0.1) is 0 Å². The van der Waals surface area contributed by atoms with E-state index in [0.717, 1.165) is 18.0 Å². The van der Waals surface area contributed by atoms with E-state index in [1.54, 1.807) is 24.4 Å². The summed E-state index contributed by atoms with van der Waals surface area (Å²) in [4.78, 5) is 12.2. The number of fused-ring (bicyclic) bond motifs is 2. The number of carbonyl (C=O) groups excluding carboxylic acids is 1. The van der Waals surface area contributed by atoms with Crippen molar-refractivity contribution in [3.05, 3.63) is 42.2 Å². The number of amides is 2. The molecule has 1 heterocycles. The van der Waals surface area contributed by atoms with Crippen molar-refractivity contribution < 1.29 is 13.2 Å². The number of hydrogen-bond acceptors (Lipinski definition) is 4. The zero-order valence-corrected chi connectivity index (χ0v) is 17.2. The SMILES string of the molecule is C[C@@H](NS(=O)(=O)c1ccc(NC(=O)NCc2ccn[nH]2)cc1)[C@H]1C[C@H]2CC[C@H]1C2. The second-order valence-electron chi connectivity index (χ2n) is 8.16. The predicted octanol–water partition coefficient (Wildman–Crippen LogP) is 2.83. The van der Waals surface area contributed by atoms with Gasteiger partial charge in [-0.1, -0.05) is 6.42 Å². The van der Waals surface area contributed by atoms with Crippen LogP contribution in [0.2, 0.25) is 0 Å². The Labute approximate surface area is 170 Å². The molecule has 4 N–H and O–H groups in total. The van der Waals surface area contributed by atoms with Crippen molar-refractivity contribution in [1.29, 1.82) is 0 Å². The van der Waals surface area contributed by atoms with E-state index in [-0.39, 0.29) is 17.0 Å². The molecule has 0 spiro atoms. The number of aromatic nitrogens is 2. The van der Waals surface area contributed by atoms with Crippen LogP contribution in [0.5, 0.6) is 0 Å². The zero-order valence-electron chi connectivity index (χ0n) is 16.4. The third kappa shape index (κ3) is 4.62. The minimum atomic E-state index is -3.59. The normalized spacial score (nSPS) is 24.4. The van der Waals surface area contributed by atoms with Crippen LogP contribution in [0.3, 0.4) is 0 Å². The maximum Gasteiger partial charge on any atom is 0.319 e. The predicted molar refractivity (Wildman–Crippen MR) is 110 cm³/mol. The molecule has 1 aromatic heterocycles. The molecule has 0 saturated heterocycles. The maximum absolute atomic E-state index is 12.8. The Kier molecular flexibility index (Phi) is 5.60. The summed E-state index contributed by atoms with van der Waals surface area (Å²) in [6, 6.07) is 7.53. The largest absolute Gasteiger partial charge is 0.332 e. The first-order valence-corrected chi connectivity index (χ1v) is 11.5. The minimum Gasteiger partial charge on any atom is -0.332 e. The lowest BCUT2D eigenvalue weighted by atomic mass is 9.84. The monoisotopic (exact) mass is 417 g/mol. The van der Waals surface area contributed by atoms with E-state index in [9.17, 15) is 13.2 Å². The quantitative estimate of drug-likeness (QED) is 0.554. The van der Waals surface area contributed by atoms with Gasteiger partial charge >= 0.3 is 6.03 Å². The number of urea groups is 1. The highest BCUT2D eigenvalue weighted by Gasteiger charge is 2.42. The van der Waals surface area contributed by atoms with Crippen molar-refractivity contribution in [1.82, 2.24) is 20.2 Å². The molecule has 2 bridgehead atoms. The van der Waals surface area contributed by atoms with Gasteiger partial charge in [-0.25, -0.2) is 17.9 Å². The minimum absolute atomic E-state index is 0.0682. The second kappa shape index (κ2) is 8.16. The molecular weight excluding hydrogens is 390 g/mol. The standard InChI is InChI=1S/C20H27N5O3S/c1-13(19-11-14-2-3-15(19)10-14)25-29(27,28)18-6-4-16(5-7-18)23-20(26)21-12-17-8-9-22-24-17/h4-9,13-15,19,25H,2-3,10-12H2,1H3,(H,22,24)(H2,21,23,26)/t13-,14+,15+,19-/m1/s1. The number of carbonyl (C=O) groups is 1. The molecule has 29 heavy (non-hydrogen) atoms. The number of aromatic amines is 1. The van der Waals surface area contributed by atoms with E-state index >= 15 is 0 Å². The molecule has 2 saturated carbocycles. The first-order chi connectivity index (χ1) is 13.9. The molecule has 2 aliphatic rings. The fourth-order valence-corrected chi connectivity index (χ4v) is 6.05. The zero-order chi connectivity index (χ0) is 20.4. The maximum atomic E-state index is 12.8. The fraction of sp³-hybridized carbons (Fsp3) is 0.500. The van der Waals surface area contributed by atoms with E-state index in [0.29, 0.717) is 24.1 Å². The summed E-state index contributed by atoms with van der Waals surface area (Å²) in [5.41, 5.74) is 1.31. The van der Waals surface area contributed by atoms with Gasteiger partial charge in [-0.05, 0) is 74.3 Å². The van der Waals surface area contributed by atoms with Crippen LogP contribution in [0, 0.1) is 17.8 Å². The molecule has 2 aliphatic carbocycles. The molecule has 4 rings (SSSR count). The third-order valence-electron chi connectivity index (χ3n) is 6.20. The van der Waals surface area contributed by atoms with Crippen LogP contribution in [-0.4, -0.2) is 30.7 Å². The number of benzene rings is 1. The van der Waals surface area contributed by atoms with Gasteiger partial charge in [-0.2, -0.15) is 5.10 Å². The summed E-state index contributed by atoms with van der Waals surface area (Å²) >= 11 is 0. The van der Waals surface area contributed by atoms with E-state index in [1.165, 1.54) is 31.4 Å². The summed E-state index contributed by atoms with van der Waals surface area (Å²) in [5, 5.41) is 12.0. The van der Waals surface area contributed by atoms with Crippen LogP contribution < -0.4 is 15.4 Å². The van der Waals surface area contributed by atoms with Crippen LogP contribution in [-0.2, 0) is 16.6 Å². The fourth-order valence-electron chi connectivity index (χ4n) is 4.76. The number of rotatable bonds is 7. The number of H-pyrrole nitrogens is 1. The molecule has 1 aromatic carbocycles. The molecular formula is C20H27N5O3S. The average molecular weight is 418 g/mol. The number of nitrogens with zero attached hydrogens (tertiary/aromatic N) is 1. The lowest BCUT2D eigenvalue weighted by Gasteiger charge is -2.28. The Morgan fingerprint density at radius 1 is 1.21 bits per heavy atom. The molecule has 9 heteroatoms. The average Bonchev–Trinajstić information content (AvgIpc) is 3.44. The van der Waals surface area contributed by atoms with Gasteiger partial charge < -0.3 is 10.6 Å². The Balaban J connectivity index is 1.32. The van der Waals surface area contributed by atoms with Crippen LogP contribution >= 0.6 is 0 Å². The first-order valence-electron chi connectivity index (χ1n) is 10.1. The van der Waals surface area contributed by atoms with Crippen molar-refractivity contribution in [3.63, 3.8) is 0 Å². The second-order valence-corrected chi connectivity index (χ2v) is 9.88. The molecule has 0 aliphatic heterocycles. The smallest absolute Gasteiger partial charge is 0.319 e. The van der Waals surface area contributed by atoms with Crippen LogP contribution in [0.1, 0.15) is 38.3 Å². The van der Waals surface area contributed by atoms with Gasteiger partial charge in [0, 0.05) is 17.9 Å².